The molecule has 0 spiro atoms. The molecule has 0 N–H and O–H groups in total. The van der Waals surface area contributed by atoms with Crippen LogP contribution in [0.5, 0.6) is 5.75 Å². The summed E-state index contributed by atoms with van der Waals surface area (Å²) in [4.78, 5) is 26.6. The second-order valence-electron chi connectivity index (χ2n) is 5.43. The van der Waals surface area contributed by atoms with E-state index in [0.29, 0.717) is 12.4 Å². The first-order chi connectivity index (χ1) is 13.0. The van der Waals surface area contributed by atoms with Crippen molar-refractivity contribution in [3.05, 3.63) is 87.1 Å². The van der Waals surface area contributed by atoms with Gasteiger partial charge in [0.15, 0.2) is 5.70 Å². The topological polar surface area (TPSA) is 91.0 Å². The number of ether oxygens (including phenoxy) is 2. The van der Waals surface area contributed by atoms with Gasteiger partial charge in [-0.3, -0.25) is 10.1 Å². The Morgan fingerprint density at radius 2 is 2.00 bits per heavy atom. The normalized spacial score (nSPS) is 14.6. The van der Waals surface area contributed by atoms with Crippen molar-refractivity contribution < 1.29 is 19.2 Å². The lowest BCUT2D eigenvalue weighted by molar-refractivity contribution is -0.384. The van der Waals surface area contributed by atoms with Gasteiger partial charge in [0.1, 0.15) is 17.4 Å². The first-order valence-corrected chi connectivity index (χ1v) is 8.16. The molecule has 8 heteroatoms. The Hall–Kier alpha value is -3.45. The van der Waals surface area contributed by atoms with E-state index in [1.165, 1.54) is 18.2 Å². The molecule has 0 saturated heterocycles. The Kier molecular flexibility index (Phi) is 5.33. The van der Waals surface area contributed by atoms with E-state index in [2.05, 4.69) is 11.6 Å². The maximum atomic E-state index is 12.1. The maximum Gasteiger partial charge on any atom is 0.363 e. The minimum atomic E-state index is -0.644. The Labute approximate surface area is 159 Å². The van der Waals surface area contributed by atoms with Gasteiger partial charge in [0.25, 0.3) is 5.69 Å². The molecule has 0 atom stereocenters. The number of carbonyl (C=O) groups is 1. The SMILES string of the molecule is C=CCOc1ccc(C=C2N=C(c3ccc(Cl)c([N+](=O)[O-])c3)OC2=O)cc1. The van der Waals surface area contributed by atoms with Crippen LogP contribution in [0.2, 0.25) is 5.02 Å². The second-order valence-corrected chi connectivity index (χ2v) is 5.84. The molecule has 0 aromatic heterocycles. The molecule has 3 rings (SSSR count). The lowest BCUT2D eigenvalue weighted by Crippen LogP contribution is -2.06. The van der Waals surface area contributed by atoms with E-state index in [4.69, 9.17) is 21.1 Å². The Morgan fingerprint density at radius 1 is 1.26 bits per heavy atom. The monoisotopic (exact) mass is 384 g/mol. The summed E-state index contributed by atoms with van der Waals surface area (Å²) in [5.41, 5.74) is 0.804. The molecule has 0 bridgehead atoms. The van der Waals surface area contributed by atoms with Gasteiger partial charge in [0, 0.05) is 11.6 Å². The number of rotatable bonds is 6. The molecule has 0 aliphatic carbocycles. The number of esters is 1. The number of cyclic esters (lactones) is 1. The lowest BCUT2D eigenvalue weighted by atomic mass is 10.2. The Morgan fingerprint density at radius 3 is 2.67 bits per heavy atom. The predicted octanol–water partition coefficient (Wildman–Crippen LogP) is 4.16. The lowest BCUT2D eigenvalue weighted by Gasteiger charge is -2.02. The van der Waals surface area contributed by atoms with E-state index < -0.39 is 10.9 Å². The summed E-state index contributed by atoms with van der Waals surface area (Å²) in [6, 6.07) is 11.1. The molecule has 27 heavy (non-hydrogen) atoms. The predicted molar refractivity (Wildman–Crippen MR) is 101 cm³/mol. The summed E-state index contributed by atoms with van der Waals surface area (Å²) >= 11 is 5.79. The van der Waals surface area contributed by atoms with Crippen LogP contribution in [0.1, 0.15) is 11.1 Å². The third kappa shape index (κ3) is 4.21. The highest BCUT2D eigenvalue weighted by atomic mass is 35.5. The van der Waals surface area contributed by atoms with Crippen LogP contribution in [-0.4, -0.2) is 23.4 Å². The van der Waals surface area contributed by atoms with Crippen molar-refractivity contribution in [3.8, 4) is 5.75 Å². The Balaban J connectivity index is 1.85. The molecule has 0 saturated carbocycles. The van der Waals surface area contributed by atoms with Crippen molar-refractivity contribution >= 4 is 35.2 Å². The average Bonchev–Trinajstić information content (AvgIpc) is 3.02. The van der Waals surface area contributed by atoms with Crippen LogP contribution in [0.25, 0.3) is 6.08 Å². The number of nitrogens with zero attached hydrogens (tertiary/aromatic N) is 2. The molecular formula is C19H13ClN2O5. The first kappa shape index (κ1) is 18.3. The summed E-state index contributed by atoms with van der Waals surface area (Å²) in [6.45, 7) is 3.97. The van der Waals surface area contributed by atoms with Crippen LogP contribution in [0.4, 0.5) is 5.69 Å². The van der Waals surface area contributed by atoms with E-state index in [0.717, 1.165) is 5.56 Å². The van der Waals surface area contributed by atoms with Crippen molar-refractivity contribution in [1.82, 2.24) is 0 Å². The van der Waals surface area contributed by atoms with E-state index in [9.17, 15) is 14.9 Å². The van der Waals surface area contributed by atoms with Gasteiger partial charge in [-0.05, 0) is 35.9 Å². The van der Waals surface area contributed by atoms with Gasteiger partial charge in [-0.2, -0.15) is 0 Å². The smallest absolute Gasteiger partial charge is 0.363 e. The zero-order valence-corrected chi connectivity index (χ0v) is 14.7. The standard InChI is InChI=1S/C19H13ClN2O5/c1-2-9-26-14-6-3-12(4-7-14)10-16-19(23)27-18(21-16)13-5-8-15(20)17(11-13)22(24)25/h2-8,10-11H,1,9H2. The summed E-state index contributed by atoms with van der Waals surface area (Å²) in [7, 11) is 0. The highest BCUT2D eigenvalue weighted by Gasteiger charge is 2.26. The number of hydrogen-bond acceptors (Lipinski definition) is 6. The quantitative estimate of drug-likeness (QED) is 0.245. The van der Waals surface area contributed by atoms with Crippen molar-refractivity contribution in [3.63, 3.8) is 0 Å². The van der Waals surface area contributed by atoms with Crippen LogP contribution in [-0.2, 0) is 9.53 Å². The minimum absolute atomic E-state index is 0.0109. The van der Waals surface area contributed by atoms with Crippen LogP contribution in [0, 0.1) is 10.1 Å². The van der Waals surface area contributed by atoms with E-state index in [1.807, 2.05) is 0 Å². The van der Waals surface area contributed by atoms with Gasteiger partial charge in [-0.25, -0.2) is 9.79 Å². The zero-order chi connectivity index (χ0) is 19.4. The molecule has 0 unspecified atom stereocenters. The van der Waals surface area contributed by atoms with Crippen molar-refractivity contribution in [2.24, 2.45) is 4.99 Å². The second kappa shape index (κ2) is 7.84. The molecule has 0 amide bonds. The first-order valence-electron chi connectivity index (χ1n) is 7.78. The fourth-order valence-corrected chi connectivity index (χ4v) is 2.48. The van der Waals surface area contributed by atoms with Crippen LogP contribution >= 0.6 is 11.6 Å². The van der Waals surface area contributed by atoms with Gasteiger partial charge in [-0.15, -0.1) is 0 Å². The van der Waals surface area contributed by atoms with Gasteiger partial charge >= 0.3 is 5.97 Å². The van der Waals surface area contributed by atoms with E-state index >= 15 is 0 Å². The van der Waals surface area contributed by atoms with Gasteiger partial charge in [-0.1, -0.05) is 36.4 Å². The number of halogens is 1. The maximum absolute atomic E-state index is 12.1. The summed E-state index contributed by atoms with van der Waals surface area (Å²) in [5.74, 6) is 0.00949. The molecule has 1 aliphatic heterocycles. The third-order valence-electron chi connectivity index (χ3n) is 3.56. The molecule has 0 radical (unpaired) electrons. The Bertz CT molecular complexity index is 980. The highest BCUT2D eigenvalue weighted by molar-refractivity contribution is 6.32. The molecule has 1 heterocycles. The number of nitro benzene ring substituents is 1. The van der Waals surface area contributed by atoms with Crippen LogP contribution in [0.15, 0.2) is 65.8 Å². The van der Waals surface area contributed by atoms with Crippen molar-refractivity contribution in [1.29, 1.82) is 0 Å². The molecule has 7 nitrogen and oxygen atoms in total. The number of hydrogen-bond donors (Lipinski definition) is 0. The van der Waals surface area contributed by atoms with E-state index in [1.54, 1.807) is 36.4 Å². The number of nitro groups is 1. The van der Waals surface area contributed by atoms with Crippen molar-refractivity contribution in [2.45, 2.75) is 0 Å². The molecule has 0 fully saturated rings. The third-order valence-corrected chi connectivity index (χ3v) is 3.88. The molecule has 136 valence electrons. The molecule has 2 aromatic rings. The summed E-state index contributed by atoms with van der Waals surface area (Å²) in [6.07, 6.45) is 3.19. The molecular weight excluding hydrogens is 372 g/mol. The average molecular weight is 385 g/mol. The van der Waals surface area contributed by atoms with E-state index in [-0.39, 0.29) is 27.9 Å². The fourth-order valence-electron chi connectivity index (χ4n) is 2.29. The van der Waals surface area contributed by atoms with Crippen molar-refractivity contribution in [2.75, 3.05) is 6.61 Å². The molecule has 2 aromatic carbocycles. The molecule has 1 aliphatic rings. The summed E-state index contributed by atoms with van der Waals surface area (Å²) < 4.78 is 10.5. The minimum Gasteiger partial charge on any atom is -0.490 e. The highest BCUT2D eigenvalue weighted by Crippen LogP contribution is 2.27. The number of carbonyl (C=O) groups excluding carboxylic acids is 1. The number of aliphatic imine (C=N–C) groups is 1. The fraction of sp³-hybridized carbons (Fsp3) is 0.0526. The van der Waals surface area contributed by atoms with Gasteiger partial charge in [0.05, 0.1) is 4.92 Å². The van der Waals surface area contributed by atoms with Gasteiger partial charge in [0.2, 0.25) is 5.90 Å². The van der Waals surface area contributed by atoms with Gasteiger partial charge < -0.3 is 9.47 Å². The number of benzene rings is 2. The van der Waals surface area contributed by atoms with Crippen LogP contribution in [0.3, 0.4) is 0 Å². The van der Waals surface area contributed by atoms with Crippen LogP contribution < -0.4 is 4.74 Å². The largest absolute Gasteiger partial charge is 0.490 e. The summed E-state index contributed by atoms with van der Waals surface area (Å²) in [5, 5.41) is 11.0. The zero-order valence-electron chi connectivity index (χ0n) is 13.9.